The first-order chi connectivity index (χ1) is 12.9. The molecule has 27 heavy (non-hydrogen) atoms. The van der Waals surface area contributed by atoms with Gasteiger partial charge in [0.15, 0.2) is 0 Å². The first kappa shape index (κ1) is 19.7. The lowest BCUT2D eigenvalue weighted by atomic mass is 9.90. The van der Waals surface area contributed by atoms with E-state index in [0.29, 0.717) is 11.3 Å². The average molecular weight is 380 g/mol. The number of carboxylic acids is 1. The third kappa shape index (κ3) is 3.57. The third-order valence-electron chi connectivity index (χ3n) is 5.08. The minimum absolute atomic E-state index is 0.111. The van der Waals surface area contributed by atoms with Crippen molar-refractivity contribution in [2.45, 2.75) is 43.0 Å². The van der Waals surface area contributed by atoms with Crippen LogP contribution in [0.1, 0.15) is 17.4 Å². The molecule has 0 amide bonds. The molecule has 1 aliphatic rings. The number of aliphatic hydroxyl groups excluding tert-OH is 4. The van der Waals surface area contributed by atoms with Crippen LogP contribution in [0.15, 0.2) is 24.3 Å². The monoisotopic (exact) mass is 380 g/mol. The van der Waals surface area contributed by atoms with Crippen molar-refractivity contribution >= 4 is 16.9 Å². The highest BCUT2D eigenvalue weighted by Gasteiger charge is 2.45. The Morgan fingerprint density at radius 1 is 1.22 bits per heavy atom. The lowest BCUT2D eigenvalue weighted by Crippen LogP contribution is -2.55. The summed E-state index contributed by atoms with van der Waals surface area (Å²) in [5.41, 5.74) is 1.76. The zero-order chi connectivity index (χ0) is 19.7. The van der Waals surface area contributed by atoms with E-state index in [2.05, 4.69) is 10.3 Å². The lowest BCUT2D eigenvalue weighted by Gasteiger charge is -2.40. The molecule has 2 heterocycles. The van der Waals surface area contributed by atoms with Crippen molar-refractivity contribution < 1.29 is 35.1 Å². The minimum atomic E-state index is -1.51. The van der Waals surface area contributed by atoms with Crippen molar-refractivity contribution in [3.05, 3.63) is 35.5 Å². The number of hydrogen-bond acceptors (Lipinski definition) is 7. The van der Waals surface area contributed by atoms with Gasteiger partial charge in [-0.1, -0.05) is 18.2 Å². The Bertz CT molecular complexity index is 806. The zero-order valence-electron chi connectivity index (χ0n) is 14.7. The van der Waals surface area contributed by atoms with Gasteiger partial charge in [0.1, 0.15) is 36.6 Å². The van der Waals surface area contributed by atoms with E-state index in [1.165, 1.54) is 0 Å². The largest absolute Gasteiger partial charge is 0.480 e. The van der Waals surface area contributed by atoms with Gasteiger partial charge >= 0.3 is 5.97 Å². The molecule has 0 bridgehead atoms. The number of fused-ring (bicyclic) bond motifs is 1. The van der Waals surface area contributed by atoms with Crippen LogP contribution in [0.3, 0.4) is 0 Å². The van der Waals surface area contributed by atoms with E-state index >= 15 is 0 Å². The lowest BCUT2D eigenvalue weighted by molar-refractivity contribution is -0.232. The Kier molecular flexibility index (Phi) is 5.80. The van der Waals surface area contributed by atoms with Crippen LogP contribution in [0.25, 0.3) is 10.9 Å². The minimum Gasteiger partial charge on any atom is -0.480 e. The molecule has 6 atom stereocenters. The number of rotatable bonds is 6. The van der Waals surface area contributed by atoms with Gasteiger partial charge in [-0.2, -0.15) is 0 Å². The molecule has 1 saturated heterocycles. The molecule has 9 heteroatoms. The van der Waals surface area contributed by atoms with E-state index in [1.54, 1.807) is 7.05 Å². The quantitative estimate of drug-likeness (QED) is 0.333. The highest BCUT2D eigenvalue weighted by Crippen LogP contribution is 2.37. The molecule has 1 fully saturated rings. The molecule has 0 aliphatic carbocycles. The maximum atomic E-state index is 11.5. The molecular formula is C18H24N2O7. The molecule has 9 nitrogen and oxygen atoms in total. The highest BCUT2D eigenvalue weighted by atomic mass is 16.5. The average Bonchev–Trinajstić information content (AvgIpc) is 3.02. The van der Waals surface area contributed by atoms with E-state index in [1.807, 2.05) is 24.3 Å². The van der Waals surface area contributed by atoms with Crippen LogP contribution in [-0.2, 0) is 16.0 Å². The van der Waals surface area contributed by atoms with Crippen LogP contribution >= 0.6 is 0 Å². The van der Waals surface area contributed by atoms with E-state index in [9.17, 15) is 30.3 Å². The number of para-hydroxylation sites is 1. The number of hydrogen-bond donors (Lipinski definition) is 7. The Morgan fingerprint density at radius 3 is 2.56 bits per heavy atom. The number of ether oxygens (including phenoxy) is 1. The smallest absolute Gasteiger partial charge is 0.321 e. The molecule has 0 saturated carbocycles. The Hall–Kier alpha value is -2.01. The number of aromatic nitrogens is 1. The second-order valence-electron chi connectivity index (χ2n) is 6.70. The second kappa shape index (κ2) is 7.93. The van der Waals surface area contributed by atoms with E-state index in [4.69, 9.17) is 4.74 Å². The molecule has 148 valence electrons. The van der Waals surface area contributed by atoms with Gasteiger partial charge in [0.2, 0.25) is 0 Å². The summed E-state index contributed by atoms with van der Waals surface area (Å²) in [5.74, 6) is -1.03. The first-order valence-corrected chi connectivity index (χ1v) is 8.69. The number of benzene rings is 1. The Balaban J connectivity index is 2.07. The molecule has 5 unspecified atom stereocenters. The van der Waals surface area contributed by atoms with Gasteiger partial charge in [0.05, 0.1) is 12.3 Å². The summed E-state index contributed by atoms with van der Waals surface area (Å²) >= 11 is 0. The van der Waals surface area contributed by atoms with Crippen LogP contribution in [0.4, 0.5) is 0 Å². The van der Waals surface area contributed by atoms with Crippen molar-refractivity contribution in [3.8, 4) is 0 Å². The highest BCUT2D eigenvalue weighted by molar-refractivity contribution is 5.86. The van der Waals surface area contributed by atoms with Crippen molar-refractivity contribution in [2.75, 3.05) is 13.7 Å². The normalized spacial score (nSPS) is 29.7. The maximum absolute atomic E-state index is 11.5. The van der Waals surface area contributed by atoms with Crippen molar-refractivity contribution in [3.63, 3.8) is 0 Å². The molecule has 1 aliphatic heterocycles. The summed E-state index contributed by atoms with van der Waals surface area (Å²) in [4.78, 5) is 14.6. The van der Waals surface area contributed by atoms with Crippen LogP contribution in [0.5, 0.6) is 0 Å². The van der Waals surface area contributed by atoms with Crippen LogP contribution in [0.2, 0.25) is 0 Å². The fourth-order valence-electron chi connectivity index (χ4n) is 3.54. The SMILES string of the molecule is CN[C@@H](Cc1c(C2OC(CO)C(O)C(O)C2O)[nH]c2ccccc12)C(=O)O. The van der Waals surface area contributed by atoms with Crippen LogP contribution in [-0.4, -0.2) is 80.6 Å². The van der Waals surface area contributed by atoms with E-state index in [-0.39, 0.29) is 6.42 Å². The third-order valence-corrected chi connectivity index (χ3v) is 5.08. The van der Waals surface area contributed by atoms with Crippen molar-refractivity contribution in [1.29, 1.82) is 0 Å². The van der Waals surface area contributed by atoms with Gasteiger partial charge in [-0.15, -0.1) is 0 Å². The van der Waals surface area contributed by atoms with Crippen molar-refractivity contribution in [2.24, 2.45) is 0 Å². The molecular weight excluding hydrogens is 356 g/mol. The molecule has 2 aromatic rings. The number of nitrogens with one attached hydrogen (secondary N) is 2. The number of carbonyl (C=O) groups is 1. The molecule has 0 radical (unpaired) electrons. The van der Waals surface area contributed by atoms with Crippen molar-refractivity contribution in [1.82, 2.24) is 10.3 Å². The van der Waals surface area contributed by atoms with Gasteiger partial charge in [-0.3, -0.25) is 4.79 Å². The second-order valence-corrected chi connectivity index (χ2v) is 6.70. The molecule has 1 aromatic carbocycles. The molecule has 1 aromatic heterocycles. The number of H-pyrrole nitrogens is 1. The summed E-state index contributed by atoms with van der Waals surface area (Å²) < 4.78 is 5.65. The number of carboxylic acid groups (broad SMARTS) is 1. The summed E-state index contributed by atoms with van der Waals surface area (Å²) in [6.07, 6.45) is -6.42. The van der Waals surface area contributed by atoms with Gasteiger partial charge in [0, 0.05) is 17.3 Å². The fraction of sp³-hybridized carbons (Fsp3) is 0.500. The molecule has 7 N–H and O–H groups in total. The number of aliphatic carboxylic acids is 1. The number of likely N-dealkylation sites (N-methyl/N-ethyl adjacent to an activating group) is 1. The number of aliphatic hydroxyl groups is 4. The summed E-state index contributed by atoms with van der Waals surface area (Å²) in [6, 6.07) is 6.39. The zero-order valence-corrected chi connectivity index (χ0v) is 14.7. The Morgan fingerprint density at radius 2 is 1.93 bits per heavy atom. The topological polar surface area (TPSA) is 155 Å². The summed E-state index contributed by atoms with van der Waals surface area (Å²) in [5, 5.41) is 52.9. The first-order valence-electron chi connectivity index (χ1n) is 8.69. The fourth-order valence-corrected chi connectivity index (χ4v) is 3.54. The Labute approximate surface area is 155 Å². The maximum Gasteiger partial charge on any atom is 0.321 e. The standard InChI is InChI=1S/C18H24N2O7/c1-19-11(18(25)26)6-9-8-4-2-3-5-10(8)20-13(9)17-16(24)15(23)14(22)12(7-21)27-17/h2-5,11-12,14-17,19-24H,6-7H2,1H3,(H,25,26)/t11-,12?,14?,15?,16?,17?/m0/s1. The summed E-state index contributed by atoms with van der Waals surface area (Å²) in [7, 11) is 1.54. The number of aromatic amines is 1. The predicted molar refractivity (Wildman–Crippen MR) is 95.2 cm³/mol. The summed E-state index contributed by atoms with van der Waals surface area (Å²) in [6.45, 7) is -0.536. The van der Waals surface area contributed by atoms with E-state index < -0.39 is 49.1 Å². The van der Waals surface area contributed by atoms with Gasteiger partial charge in [0.25, 0.3) is 0 Å². The van der Waals surface area contributed by atoms with Gasteiger partial charge in [-0.05, 0) is 18.7 Å². The van der Waals surface area contributed by atoms with Crippen LogP contribution < -0.4 is 5.32 Å². The van der Waals surface area contributed by atoms with Crippen LogP contribution in [0, 0.1) is 0 Å². The van der Waals surface area contributed by atoms with Gasteiger partial charge in [-0.25, -0.2) is 0 Å². The van der Waals surface area contributed by atoms with Gasteiger partial charge < -0.3 is 40.6 Å². The van der Waals surface area contributed by atoms with E-state index in [0.717, 1.165) is 10.9 Å². The molecule has 0 spiro atoms. The molecule has 3 rings (SSSR count). The predicted octanol–water partition coefficient (Wildman–Crippen LogP) is -1.10.